The van der Waals surface area contributed by atoms with Gasteiger partial charge in [-0.15, -0.1) is 0 Å². The Balaban J connectivity index is 1.84. The molecule has 20 heavy (non-hydrogen) atoms. The summed E-state index contributed by atoms with van der Waals surface area (Å²) in [6.07, 6.45) is 5.03. The predicted molar refractivity (Wildman–Crippen MR) is 78.8 cm³/mol. The van der Waals surface area contributed by atoms with Gasteiger partial charge in [0.25, 0.3) is 0 Å². The van der Waals surface area contributed by atoms with Gasteiger partial charge in [0.05, 0.1) is 12.3 Å². The van der Waals surface area contributed by atoms with Gasteiger partial charge in [0, 0.05) is 38.2 Å². The molecule has 2 saturated heterocycles. The molecule has 0 amide bonds. The van der Waals surface area contributed by atoms with Crippen LogP contribution in [0.2, 0.25) is 0 Å². The van der Waals surface area contributed by atoms with Crippen molar-refractivity contribution in [3.8, 4) is 0 Å². The molecule has 1 N–H and O–H groups in total. The minimum Gasteiger partial charge on any atom is -0.378 e. The SMILES string of the molecule is CNc1cc(COC)nc(C2CC3CCC(C2)N3C)n1. The Morgan fingerprint density at radius 3 is 2.60 bits per heavy atom. The molecule has 5 heteroatoms. The summed E-state index contributed by atoms with van der Waals surface area (Å²) >= 11 is 0. The molecule has 0 saturated carbocycles. The minimum absolute atomic E-state index is 0.493. The summed E-state index contributed by atoms with van der Waals surface area (Å²) in [4.78, 5) is 12.0. The van der Waals surface area contributed by atoms with Crippen molar-refractivity contribution in [2.75, 3.05) is 26.5 Å². The van der Waals surface area contributed by atoms with E-state index in [1.807, 2.05) is 13.1 Å². The lowest BCUT2D eigenvalue weighted by Gasteiger charge is -2.35. The normalized spacial score (nSPS) is 29.6. The maximum atomic E-state index is 5.22. The standard InChI is InChI=1S/C15H24N4O/c1-16-14-8-11(9-20-3)17-15(18-14)10-6-12-4-5-13(7-10)19(12)2/h8,10,12-13H,4-7,9H2,1-3H3,(H,16,17,18). The van der Waals surface area contributed by atoms with Crippen molar-refractivity contribution >= 4 is 5.82 Å². The van der Waals surface area contributed by atoms with Crippen LogP contribution in [0.25, 0.3) is 0 Å². The van der Waals surface area contributed by atoms with Crippen LogP contribution in [0.15, 0.2) is 6.07 Å². The Morgan fingerprint density at radius 1 is 1.30 bits per heavy atom. The Hall–Kier alpha value is -1.20. The molecular weight excluding hydrogens is 252 g/mol. The lowest BCUT2D eigenvalue weighted by molar-refractivity contribution is 0.157. The molecule has 0 aromatic carbocycles. The first kappa shape index (κ1) is 13.8. The lowest BCUT2D eigenvalue weighted by atomic mass is 9.90. The summed E-state index contributed by atoms with van der Waals surface area (Å²) < 4.78 is 5.22. The van der Waals surface area contributed by atoms with E-state index in [2.05, 4.69) is 22.2 Å². The zero-order valence-electron chi connectivity index (χ0n) is 12.6. The Labute approximate surface area is 120 Å². The molecule has 2 atom stereocenters. The second kappa shape index (κ2) is 5.66. The summed E-state index contributed by atoms with van der Waals surface area (Å²) in [5.74, 6) is 2.38. The fourth-order valence-corrected chi connectivity index (χ4v) is 3.67. The van der Waals surface area contributed by atoms with Crippen molar-refractivity contribution in [3.05, 3.63) is 17.6 Å². The maximum Gasteiger partial charge on any atom is 0.134 e. The van der Waals surface area contributed by atoms with Crippen LogP contribution in [0.1, 0.15) is 43.1 Å². The zero-order valence-corrected chi connectivity index (χ0v) is 12.6. The van der Waals surface area contributed by atoms with Gasteiger partial charge in [0.15, 0.2) is 0 Å². The number of rotatable bonds is 4. The molecule has 2 fully saturated rings. The van der Waals surface area contributed by atoms with E-state index in [1.165, 1.54) is 25.7 Å². The minimum atomic E-state index is 0.493. The van der Waals surface area contributed by atoms with Crippen LogP contribution in [0.4, 0.5) is 5.82 Å². The highest BCUT2D eigenvalue weighted by molar-refractivity contribution is 5.35. The average molecular weight is 276 g/mol. The van der Waals surface area contributed by atoms with E-state index in [4.69, 9.17) is 9.72 Å². The second-order valence-corrected chi connectivity index (χ2v) is 6.00. The number of methoxy groups -OCH3 is 1. The van der Waals surface area contributed by atoms with E-state index in [0.29, 0.717) is 24.6 Å². The van der Waals surface area contributed by atoms with Gasteiger partial charge in [-0.25, -0.2) is 9.97 Å². The third kappa shape index (κ3) is 2.52. The molecule has 5 nitrogen and oxygen atoms in total. The first-order chi connectivity index (χ1) is 9.71. The van der Waals surface area contributed by atoms with Crippen LogP contribution in [0.3, 0.4) is 0 Å². The van der Waals surface area contributed by atoms with E-state index in [-0.39, 0.29) is 0 Å². The highest BCUT2D eigenvalue weighted by Crippen LogP contribution is 2.41. The van der Waals surface area contributed by atoms with E-state index in [0.717, 1.165) is 17.3 Å². The second-order valence-electron chi connectivity index (χ2n) is 6.00. The first-order valence-electron chi connectivity index (χ1n) is 7.47. The Kier molecular flexibility index (Phi) is 3.89. The molecular formula is C15H24N4O. The van der Waals surface area contributed by atoms with Crippen molar-refractivity contribution < 1.29 is 4.74 Å². The number of hydrogen-bond acceptors (Lipinski definition) is 5. The lowest BCUT2D eigenvalue weighted by Crippen LogP contribution is -2.39. The van der Waals surface area contributed by atoms with Gasteiger partial charge < -0.3 is 15.0 Å². The molecule has 3 heterocycles. The molecule has 3 rings (SSSR count). The van der Waals surface area contributed by atoms with Gasteiger partial charge in [-0.05, 0) is 32.7 Å². The number of hydrogen-bond donors (Lipinski definition) is 1. The van der Waals surface area contributed by atoms with Crippen LogP contribution >= 0.6 is 0 Å². The molecule has 2 aliphatic heterocycles. The Morgan fingerprint density at radius 2 is 2.00 bits per heavy atom. The predicted octanol–water partition coefficient (Wildman–Crippen LogP) is 2.00. The van der Waals surface area contributed by atoms with Crippen molar-refractivity contribution in [1.82, 2.24) is 14.9 Å². The van der Waals surface area contributed by atoms with Crippen molar-refractivity contribution in [2.24, 2.45) is 0 Å². The molecule has 2 unspecified atom stereocenters. The largest absolute Gasteiger partial charge is 0.378 e. The van der Waals surface area contributed by atoms with Gasteiger partial charge in [0.2, 0.25) is 0 Å². The molecule has 110 valence electrons. The van der Waals surface area contributed by atoms with E-state index in [9.17, 15) is 0 Å². The first-order valence-corrected chi connectivity index (χ1v) is 7.47. The van der Waals surface area contributed by atoms with Crippen LogP contribution < -0.4 is 5.32 Å². The molecule has 0 aliphatic carbocycles. The highest BCUT2D eigenvalue weighted by Gasteiger charge is 2.39. The number of nitrogens with zero attached hydrogens (tertiary/aromatic N) is 3. The van der Waals surface area contributed by atoms with Gasteiger partial charge >= 0.3 is 0 Å². The van der Waals surface area contributed by atoms with Crippen LogP contribution in [0, 0.1) is 0 Å². The molecule has 0 spiro atoms. The monoisotopic (exact) mass is 276 g/mol. The van der Waals surface area contributed by atoms with E-state index in [1.54, 1.807) is 7.11 Å². The summed E-state index contributed by atoms with van der Waals surface area (Å²) in [6.45, 7) is 0.545. The van der Waals surface area contributed by atoms with Crippen molar-refractivity contribution in [1.29, 1.82) is 0 Å². The number of nitrogens with one attached hydrogen (secondary N) is 1. The van der Waals surface area contributed by atoms with Gasteiger partial charge in [-0.1, -0.05) is 0 Å². The summed E-state index contributed by atoms with van der Waals surface area (Å²) in [6, 6.07) is 3.40. The highest BCUT2D eigenvalue weighted by atomic mass is 16.5. The number of ether oxygens (including phenoxy) is 1. The summed E-state index contributed by atoms with van der Waals surface area (Å²) in [7, 11) is 5.87. The summed E-state index contributed by atoms with van der Waals surface area (Å²) in [5.41, 5.74) is 0.966. The molecule has 2 bridgehead atoms. The maximum absolute atomic E-state index is 5.22. The fourth-order valence-electron chi connectivity index (χ4n) is 3.67. The quantitative estimate of drug-likeness (QED) is 0.911. The zero-order chi connectivity index (χ0) is 14.1. The third-order valence-corrected chi connectivity index (χ3v) is 4.81. The van der Waals surface area contributed by atoms with E-state index >= 15 is 0 Å². The smallest absolute Gasteiger partial charge is 0.134 e. The van der Waals surface area contributed by atoms with E-state index < -0.39 is 0 Å². The van der Waals surface area contributed by atoms with Crippen molar-refractivity contribution in [2.45, 2.75) is 50.3 Å². The van der Waals surface area contributed by atoms with Gasteiger partial charge in [-0.3, -0.25) is 0 Å². The Bertz CT molecular complexity index is 465. The average Bonchev–Trinajstić information content (AvgIpc) is 2.68. The van der Waals surface area contributed by atoms with Crippen LogP contribution in [-0.2, 0) is 11.3 Å². The van der Waals surface area contributed by atoms with Crippen molar-refractivity contribution in [3.63, 3.8) is 0 Å². The molecule has 1 aromatic rings. The fraction of sp³-hybridized carbons (Fsp3) is 0.733. The van der Waals surface area contributed by atoms with Gasteiger partial charge in [0.1, 0.15) is 11.6 Å². The van der Waals surface area contributed by atoms with Crippen LogP contribution in [-0.4, -0.2) is 48.2 Å². The topological polar surface area (TPSA) is 50.3 Å². The molecule has 0 radical (unpaired) electrons. The van der Waals surface area contributed by atoms with Crippen LogP contribution in [0.5, 0.6) is 0 Å². The number of anilines is 1. The number of aromatic nitrogens is 2. The molecule has 2 aliphatic rings. The molecule has 1 aromatic heterocycles. The third-order valence-electron chi connectivity index (χ3n) is 4.81. The van der Waals surface area contributed by atoms with Gasteiger partial charge in [-0.2, -0.15) is 0 Å². The number of fused-ring (bicyclic) bond motifs is 2. The summed E-state index contributed by atoms with van der Waals surface area (Å²) in [5, 5.41) is 3.14. The number of piperidine rings is 1.